The van der Waals surface area contributed by atoms with Gasteiger partial charge in [-0.15, -0.1) is 0 Å². The first-order valence-corrected chi connectivity index (χ1v) is 12.7. The summed E-state index contributed by atoms with van der Waals surface area (Å²) in [6.07, 6.45) is 8.27. The Morgan fingerprint density at radius 2 is 2.00 bits per heavy atom. The van der Waals surface area contributed by atoms with Crippen molar-refractivity contribution in [3.05, 3.63) is 47.6 Å². The Labute approximate surface area is 204 Å². The summed E-state index contributed by atoms with van der Waals surface area (Å²) in [4.78, 5) is 17.7. The lowest BCUT2D eigenvalue weighted by molar-refractivity contribution is -0.131. The maximum absolute atomic E-state index is 13.2. The third-order valence-electron chi connectivity index (χ3n) is 7.42. The molecule has 1 aromatic rings. The number of phenols is 1. The number of ether oxygens (including phenoxy) is 2. The summed E-state index contributed by atoms with van der Waals surface area (Å²) >= 11 is 0. The van der Waals surface area contributed by atoms with Gasteiger partial charge in [0.25, 0.3) is 0 Å². The number of nitrogens with zero attached hydrogens (tertiary/aromatic N) is 2. The molecule has 6 nitrogen and oxygen atoms in total. The zero-order valence-electron chi connectivity index (χ0n) is 21.1. The Morgan fingerprint density at radius 1 is 1.24 bits per heavy atom. The molecule has 2 saturated heterocycles. The minimum absolute atomic E-state index is 0.00482. The summed E-state index contributed by atoms with van der Waals surface area (Å²) in [5.74, 6) is 1.99. The van der Waals surface area contributed by atoms with E-state index in [4.69, 9.17) is 9.47 Å². The fourth-order valence-corrected chi connectivity index (χ4v) is 5.15. The van der Waals surface area contributed by atoms with Crippen molar-refractivity contribution < 1.29 is 19.4 Å². The van der Waals surface area contributed by atoms with Crippen LogP contribution in [0.5, 0.6) is 11.5 Å². The molecule has 0 saturated carbocycles. The molecule has 2 aliphatic heterocycles. The Hall–Kier alpha value is -2.31. The van der Waals surface area contributed by atoms with E-state index in [9.17, 15) is 9.90 Å². The summed E-state index contributed by atoms with van der Waals surface area (Å²) in [6.45, 7) is 13.9. The summed E-state index contributed by atoms with van der Waals surface area (Å²) in [5, 5.41) is 10.1. The fourth-order valence-electron chi connectivity index (χ4n) is 5.15. The molecule has 3 aliphatic rings. The van der Waals surface area contributed by atoms with Crippen LogP contribution in [0.2, 0.25) is 0 Å². The van der Waals surface area contributed by atoms with Gasteiger partial charge in [0.05, 0.1) is 19.8 Å². The molecule has 34 heavy (non-hydrogen) atoms. The minimum Gasteiger partial charge on any atom is -0.504 e. The van der Waals surface area contributed by atoms with Crippen LogP contribution >= 0.6 is 0 Å². The average molecular weight is 469 g/mol. The van der Waals surface area contributed by atoms with Crippen LogP contribution in [0.1, 0.15) is 39.7 Å². The van der Waals surface area contributed by atoms with Crippen molar-refractivity contribution in [1.82, 2.24) is 9.80 Å². The largest absolute Gasteiger partial charge is 0.504 e. The molecule has 0 radical (unpaired) electrons. The predicted molar refractivity (Wildman–Crippen MR) is 134 cm³/mol. The van der Waals surface area contributed by atoms with Crippen LogP contribution in [0.3, 0.4) is 0 Å². The van der Waals surface area contributed by atoms with Crippen molar-refractivity contribution in [3.8, 4) is 11.5 Å². The Morgan fingerprint density at radius 3 is 2.74 bits per heavy atom. The van der Waals surface area contributed by atoms with Gasteiger partial charge in [0.15, 0.2) is 11.5 Å². The van der Waals surface area contributed by atoms with E-state index in [-0.39, 0.29) is 23.1 Å². The highest BCUT2D eigenvalue weighted by atomic mass is 16.5. The van der Waals surface area contributed by atoms with Crippen LogP contribution in [0.15, 0.2) is 42.0 Å². The summed E-state index contributed by atoms with van der Waals surface area (Å²) in [7, 11) is 0. The van der Waals surface area contributed by atoms with E-state index in [0.29, 0.717) is 50.5 Å². The molecule has 0 aromatic heterocycles. The molecule has 2 fully saturated rings. The molecule has 0 spiro atoms. The number of aryl methyl sites for hydroxylation is 1. The van der Waals surface area contributed by atoms with Gasteiger partial charge in [-0.25, -0.2) is 0 Å². The van der Waals surface area contributed by atoms with E-state index >= 15 is 0 Å². The lowest BCUT2D eigenvalue weighted by Gasteiger charge is -2.36. The number of fused-ring (bicyclic) bond motifs is 1. The van der Waals surface area contributed by atoms with Gasteiger partial charge in [-0.1, -0.05) is 38.1 Å². The maximum Gasteiger partial charge on any atom is 0.250 e. The molecule has 1 N–H and O–H groups in total. The lowest BCUT2D eigenvalue weighted by atomic mass is 9.84. The maximum atomic E-state index is 13.2. The number of rotatable bonds is 8. The average Bonchev–Trinajstić information content (AvgIpc) is 3.28. The third kappa shape index (κ3) is 5.66. The van der Waals surface area contributed by atoms with Gasteiger partial charge in [0.2, 0.25) is 5.91 Å². The molecule has 6 heteroatoms. The first-order valence-electron chi connectivity index (χ1n) is 12.7. The number of carbonyl (C=O) groups excluding carboxylic acids is 1. The van der Waals surface area contributed by atoms with Crippen LogP contribution in [0.25, 0.3) is 0 Å². The number of hydrogen-bond donors (Lipinski definition) is 1. The van der Waals surface area contributed by atoms with Crippen LogP contribution in [0, 0.1) is 17.8 Å². The van der Waals surface area contributed by atoms with Gasteiger partial charge in [-0.05, 0) is 56.2 Å². The molecule has 1 aliphatic carbocycles. The lowest BCUT2D eigenvalue weighted by Crippen LogP contribution is -2.44. The Kier molecular flexibility index (Phi) is 7.68. The van der Waals surface area contributed by atoms with Crippen LogP contribution in [-0.2, 0) is 16.0 Å². The quantitative estimate of drug-likeness (QED) is 0.624. The van der Waals surface area contributed by atoms with Crippen molar-refractivity contribution in [2.24, 2.45) is 17.8 Å². The van der Waals surface area contributed by atoms with E-state index < -0.39 is 0 Å². The number of likely N-dealkylation sites (tertiary alicyclic amines) is 1. The van der Waals surface area contributed by atoms with E-state index in [1.165, 1.54) is 5.56 Å². The van der Waals surface area contributed by atoms with Crippen LogP contribution in [-0.4, -0.2) is 72.4 Å². The second-order valence-corrected chi connectivity index (χ2v) is 10.9. The van der Waals surface area contributed by atoms with E-state index in [1.54, 1.807) is 6.07 Å². The number of amides is 1. The van der Waals surface area contributed by atoms with E-state index in [0.717, 1.165) is 31.5 Å². The highest BCUT2D eigenvalue weighted by Crippen LogP contribution is 2.39. The molecule has 1 amide bonds. The molecule has 186 valence electrons. The van der Waals surface area contributed by atoms with Gasteiger partial charge in [0, 0.05) is 43.2 Å². The fraction of sp³-hybridized carbons (Fsp3) is 0.607. The van der Waals surface area contributed by atoms with Gasteiger partial charge in [-0.3, -0.25) is 9.69 Å². The number of morpholine rings is 1. The number of aromatic hydroxyl groups is 1. The monoisotopic (exact) mass is 468 g/mol. The van der Waals surface area contributed by atoms with Crippen LogP contribution in [0.4, 0.5) is 0 Å². The first kappa shape index (κ1) is 24.8. The van der Waals surface area contributed by atoms with Gasteiger partial charge in [-0.2, -0.15) is 0 Å². The smallest absolute Gasteiger partial charge is 0.250 e. The predicted octanol–water partition coefficient (Wildman–Crippen LogP) is 4.04. The van der Waals surface area contributed by atoms with Crippen molar-refractivity contribution >= 4 is 5.91 Å². The molecule has 0 bridgehead atoms. The normalized spacial score (nSPS) is 23.2. The molecule has 2 atom stereocenters. The molecule has 2 heterocycles. The topological polar surface area (TPSA) is 62.2 Å². The SMILES string of the molecule is CC(C)COc1cc(CCC(C)(C)N2CC3C=CC=C(C(=O)N4CCOCC4)C3C2)ccc1O. The third-order valence-corrected chi connectivity index (χ3v) is 7.42. The van der Waals surface area contributed by atoms with Gasteiger partial charge < -0.3 is 19.5 Å². The number of allylic oxidation sites excluding steroid dienone is 2. The highest BCUT2D eigenvalue weighted by Gasteiger charge is 2.42. The molecular formula is C28H40N2O4. The van der Waals surface area contributed by atoms with E-state index in [2.05, 4.69) is 44.7 Å². The number of benzene rings is 1. The first-order chi connectivity index (χ1) is 16.2. The second-order valence-electron chi connectivity index (χ2n) is 10.9. The molecular weight excluding hydrogens is 428 g/mol. The standard InChI is InChI=1S/C28H40N2O4/c1-20(2)19-34-26-16-21(8-9-25(26)31)10-11-28(3,4)30-17-22-6-5-7-23(24(22)18-30)27(32)29-12-14-33-15-13-29/h5-9,16,20,22,24,31H,10-15,17-19H2,1-4H3. The minimum atomic E-state index is -0.00482. The van der Waals surface area contributed by atoms with Gasteiger partial charge in [0.1, 0.15) is 0 Å². The number of phenolic OH excluding ortho intramolecular Hbond substituents is 1. The summed E-state index contributed by atoms with van der Waals surface area (Å²) in [5.41, 5.74) is 2.12. The van der Waals surface area contributed by atoms with Crippen molar-refractivity contribution in [2.45, 2.75) is 46.1 Å². The zero-order chi connectivity index (χ0) is 24.3. The number of carbonyl (C=O) groups is 1. The molecule has 2 unspecified atom stereocenters. The van der Waals surface area contributed by atoms with Crippen molar-refractivity contribution in [3.63, 3.8) is 0 Å². The van der Waals surface area contributed by atoms with Gasteiger partial charge >= 0.3 is 0 Å². The van der Waals surface area contributed by atoms with Crippen LogP contribution < -0.4 is 4.74 Å². The summed E-state index contributed by atoms with van der Waals surface area (Å²) in [6, 6.07) is 5.70. The van der Waals surface area contributed by atoms with E-state index in [1.807, 2.05) is 23.1 Å². The molecule has 1 aromatic carbocycles. The Balaban J connectivity index is 1.38. The van der Waals surface area contributed by atoms with Crippen molar-refractivity contribution in [1.29, 1.82) is 0 Å². The number of hydrogen-bond acceptors (Lipinski definition) is 5. The second kappa shape index (κ2) is 10.5. The highest BCUT2D eigenvalue weighted by molar-refractivity contribution is 5.94. The molecule has 4 rings (SSSR count). The van der Waals surface area contributed by atoms with Crippen molar-refractivity contribution in [2.75, 3.05) is 46.0 Å². The summed E-state index contributed by atoms with van der Waals surface area (Å²) < 4.78 is 11.2. The zero-order valence-corrected chi connectivity index (χ0v) is 21.1. The Bertz CT molecular complexity index is 930.